The predicted molar refractivity (Wildman–Crippen MR) is 80.5 cm³/mol. The fraction of sp³-hybridized carbons (Fsp3) is 0.588. The van der Waals surface area contributed by atoms with Crippen LogP contribution in [0.15, 0.2) is 24.3 Å². The fourth-order valence-electron chi connectivity index (χ4n) is 2.54. The summed E-state index contributed by atoms with van der Waals surface area (Å²) in [5.74, 6) is 0.634. The molecule has 0 bridgehead atoms. The smallest absolute Gasteiger partial charge is 0.224 e. The van der Waals surface area contributed by atoms with Crippen LogP contribution in [-0.2, 0) is 17.6 Å². The zero-order valence-corrected chi connectivity index (χ0v) is 12.5. The lowest BCUT2D eigenvalue weighted by Gasteiger charge is -2.36. The lowest BCUT2D eigenvalue weighted by Crippen LogP contribution is -2.48. The average molecular weight is 275 g/mol. The number of hydrogen-bond donors (Lipinski definition) is 2. The molecule has 2 rings (SSSR count). The molecule has 0 aromatic heterocycles. The van der Waals surface area contributed by atoms with Gasteiger partial charge in [0.1, 0.15) is 0 Å². The summed E-state index contributed by atoms with van der Waals surface area (Å²) in [5.41, 5.74) is 1.69. The summed E-state index contributed by atoms with van der Waals surface area (Å²) in [5, 5.41) is 12.8. The van der Waals surface area contributed by atoms with Crippen molar-refractivity contribution in [1.82, 2.24) is 5.32 Å². The summed E-state index contributed by atoms with van der Waals surface area (Å²) in [4.78, 5) is 11.8. The van der Waals surface area contributed by atoms with Crippen molar-refractivity contribution in [2.45, 2.75) is 51.6 Å². The number of carbonyl (C=O) groups excluding carboxylic acids is 1. The van der Waals surface area contributed by atoms with E-state index in [1.54, 1.807) is 0 Å². The highest BCUT2D eigenvalue weighted by molar-refractivity contribution is 5.78. The van der Waals surface area contributed by atoms with Gasteiger partial charge in [0.15, 0.2) is 0 Å². The van der Waals surface area contributed by atoms with E-state index in [4.69, 9.17) is 0 Å². The monoisotopic (exact) mass is 275 g/mol. The maximum atomic E-state index is 11.8. The number of amides is 1. The Morgan fingerprint density at radius 3 is 2.35 bits per heavy atom. The van der Waals surface area contributed by atoms with Gasteiger partial charge in [0.05, 0.1) is 12.0 Å². The lowest BCUT2D eigenvalue weighted by atomic mass is 9.80. The first-order chi connectivity index (χ1) is 9.47. The molecular formula is C17H25NO2. The van der Waals surface area contributed by atoms with Gasteiger partial charge in [-0.1, -0.05) is 38.1 Å². The molecular weight excluding hydrogens is 250 g/mol. The van der Waals surface area contributed by atoms with Crippen molar-refractivity contribution in [3.8, 4) is 0 Å². The Kier molecular flexibility index (Phi) is 4.81. The van der Waals surface area contributed by atoms with Crippen molar-refractivity contribution in [1.29, 1.82) is 0 Å². The van der Waals surface area contributed by atoms with Crippen LogP contribution in [-0.4, -0.2) is 23.2 Å². The molecule has 20 heavy (non-hydrogen) atoms. The molecule has 0 atom stereocenters. The molecule has 1 aliphatic rings. The van der Waals surface area contributed by atoms with Gasteiger partial charge in [0.2, 0.25) is 5.91 Å². The molecule has 0 unspecified atom stereocenters. The minimum Gasteiger partial charge on any atom is -0.388 e. The number of aliphatic hydroxyl groups is 1. The number of carbonyl (C=O) groups is 1. The largest absolute Gasteiger partial charge is 0.388 e. The maximum Gasteiger partial charge on any atom is 0.224 e. The molecule has 2 N–H and O–H groups in total. The van der Waals surface area contributed by atoms with E-state index in [9.17, 15) is 9.90 Å². The van der Waals surface area contributed by atoms with Crippen LogP contribution in [0.2, 0.25) is 0 Å². The van der Waals surface area contributed by atoms with Crippen LogP contribution in [0.3, 0.4) is 0 Å². The minimum absolute atomic E-state index is 0.0121. The van der Waals surface area contributed by atoms with Crippen LogP contribution in [0.25, 0.3) is 0 Å². The Labute approximate surface area is 121 Å². The van der Waals surface area contributed by atoms with Crippen molar-refractivity contribution in [3.63, 3.8) is 0 Å². The van der Waals surface area contributed by atoms with Gasteiger partial charge in [-0.15, -0.1) is 0 Å². The molecule has 1 amide bonds. The van der Waals surface area contributed by atoms with E-state index in [1.165, 1.54) is 5.56 Å². The summed E-state index contributed by atoms with van der Waals surface area (Å²) in [6.07, 6.45) is 4.12. The summed E-state index contributed by atoms with van der Waals surface area (Å²) in [6, 6.07) is 8.24. The van der Waals surface area contributed by atoms with Crippen molar-refractivity contribution in [2.75, 3.05) is 6.54 Å². The van der Waals surface area contributed by atoms with Crippen molar-refractivity contribution < 1.29 is 9.90 Å². The second-order valence-corrected chi connectivity index (χ2v) is 6.45. The quantitative estimate of drug-likeness (QED) is 0.838. The van der Waals surface area contributed by atoms with Gasteiger partial charge in [-0.25, -0.2) is 0 Å². The first kappa shape index (κ1) is 15.0. The minimum atomic E-state index is -0.642. The normalized spacial score (nSPS) is 16.8. The molecule has 3 heteroatoms. The Bertz CT molecular complexity index is 447. The number of benzene rings is 1. The molecule has 1 aromatic carbocycles. The predicted octanol–water partition coefficient (Wildman–Crippen LogP) is 2.46. The van der Waals surface area contributed by atoms with E-state index < -0.39 is 5.60 Å². The highest BCUT2D eigenvalue weighted by atomic mass is 16.3. The lowest BCUT2D eigenvalue weighted by molar-refractivity contribution is -0.122. The molecule has 3 nitrogen and oxygen atoms in total. The van der Waals surface area contributed by atoms with Crippen molar-refractivity contribution in [3.05, 3.63) is 35.4 Å². The van der Waals surface area contributed by atoms with Gasteiger partial charge in [-0.05, 0) is 42.7 Å². The average Bonchev–Trinajstić information content (AvgIpc) is 2.36. The molecule has 1 saturated carbocycles. The second-order valence-electron chi connectivity index (χ2n) is 6.45. The SMILES string of the molecule is CC(C)Cc1ccc(CC(=O)NCC2(O)CCC2)cc1. The zero-order chi connectivity index (χ0) is 14.6. The van der Waals surface area contributed by atoms with Crippen LogP contribution in [0.5, 0.6) is 0 Å². The Morgan fingerprint density at radius 1 is 1.25 bits per heavy atom. The van der Waals surface area contributed by atoms with E-state index in [0.29, 0.717) is 18.9 Å². The fourth-order valence-corrected chi connectivity index (χ4v) is 2.54. The van der Waals surface area contributed by atoms with Crippen molar-refractivity contribution >= 4 is 5.91 Å². The number of hydrogen-bond acceptors (Lipinski definition) is 2. The molecule has 0 heterocycles. The second kappa shape index (κ2) is 6.40. The third-order valence-corrected chi connectivity index (χ3v) is 3.93. The van der Waals surface area contributed by atoms with E-state index in [0.717, 1.165) is 31.2 Å². The number of rotatable bonds is 6. The summed E-state index contributed by atoms with van der Waals surface area (Å²) in [7, 11) is 0. The van der Waals surface area contributed by atoms with Gasteiger partial charge in [0, 0.05) is 6.54 Å². The Balaban J connectivity index is 1.78. The zero-order valence-electron chi connectivity index (χ0n) is 12.5. The molecule has 1 aliphatic carbocycles. The van der Waals surface area contributed by atoms with Crippen LogP contribution < -0.4 is 5.32 Å². The molecule has 1 aromatic rings. The summed E-state index contributed by atoms with van der Waals surface area (Å²) in [6.45, 7) is 4.79. The topological polar surface area (TPSA) is 49.3 Å². The van der Waals surface area contributed by atoms with Crippen LogP contribution in [0.1, 0.15) is 44.2 Å². The van der Waals surface area contributed by atoms with Crippen LogP contribution in [0, 0.1) is 5.92 Å². The third kappa shape index (κ3) is 4.34. The summed E-state index contributed by atoms with van der Waals surface area (Å²) < 4.78 is 0. The summed E-state index contributed by atoms with van der Waals surface area (Å²) >= 11 is 0. The van der Waals surface area contributed by atoms with E-state index in [-0.39, 0.29) is 5.91 Å². The molecule has 0 spiro atoms. The Morgan fingerprint density at radius 2 is 1.85 bits per heavy atom. The van der Waals surface area contributed by atoms with Gasteiger partial charge in [-0.2, -0.15) is 0 Å². The van der Waals surface area contributed by atoms with E-state index in [2.05, 4.69) is 31.3 Å². The van der Waals surface area contributed by atoms with Crippen LogP contribution >= 0.6 is 0 Å². The highest BCUT2D eigenvalue weighted by Crippen LogP contribution is 2.30. The van der Waals surface area contributed by atoms with Crippen molar-refractivity contribution in [2.24, 2.45) is 5.92 Å². The van der Waals surface area contributed by atoms with E-state index >= 15 is 0 Å². The first-order valence-corrected chi connectivity index (χ1v) is 7.54. The maximum absolute atomic E-state index is 11.8. The van der Waals surface area contributed by atoms with Gasteiger partial charge >= 0.3 is 0 Å². The molecule has 0 saturated heterocycles. The molecule has 0 radical (unpaired) electrons. The molecule has 1 fully saturated rings. The third-order valence-electron chi connectivity index (χ3n) is 3.93. The van der Waals surface area contributed by atoms with Gasteiger partial charge in [-0.3, -0.25) is 4.79 Å². The number of nitrogens with one attached hydrogen (secondary N) is 1. The highest BCUT2D eigenvalue weighted by Gasteiger charge is 2.34. The molecule has 0 aliphatic heterocycles. The standard InChI is InChI=1S/C17H25NO2/c1-13(2)10-14-4-6-15(7-5-14)11-16(19)18-12-17(20)8-3-9-17/h4-7,13,20H,3,8-12H2,1-2H3,(H,18,19). The Hall–Kier alpha value is -1.35. The first-order valence-electron chi connectivity index (χ1n) is 7.54. The van der Waals surface area contributed by atoms with Gasteiger partial charge in [0.25, 0.3) is 0 Å². The molecule has 110 valence electrons. The van der Waals surface area contributed by atoms with E-state index in [1.807, 2.05) is 12.1 Å². The van der Waals surface area contributed by atoms with Gasteiger partial charge < -0.3 is 10.4 Å². The van der Waals surface area contributed by atoms with Crippen LogP contribution in [0.4, 0.5) is 0 Å².